The summed E-state index contributed by atoms with van der Waals surface area (Å²) in [5.41, 5.74) is 5.35. The van der Waals surface area contributed by atoms with Crippen LogP contribution < -0.4 is 5.32 Å². The molecule has 136 valence electrons. The van der Waals surface area contributed by atoms with Crippen molar-refractivity contribution < 1.29 is 9.53 Å². The first-order chi connectivity index (χ1) is 13.2. The van der Waals surface area contributed by atoms with Crippen LogP contribution in [0.25, 0.3) is 11.1 Å². The lowest BCUT2D eigenvalue weighted by Gasteiger charge is -2.41. The zero-order chi connectivity index (χ0) is 18.7. The number of benzene rings is 3. The number of carbonyl (C=O) groups is 1. The summed E-state index contributed by atoms with van der Waals surface area (Å²) < 4.78 is 5.05. The lowest BCUT2D eigenvalue weighted by Crippen LogP contribution is -2.41. The molecule has 0 aliphatic carbocycles. The van der Waals surface area contributed by atoms with Crippen molar-refractivity contribution in [3.05, 3.63) is 90.0 Å². The SMILES string of the molecule is COC(=O)CC1(CCc2ccccc2)Nc2ccccc2-c2ccccc21. The van der Waals surface area contributed by atoms with Crippen LogP contribution in [0.3, 0.4) is 0 Å². The number of carbonyl (C=O) groups excluding carboxylic acids is 1. The van der Waals surface area contributed by atoms with Crippen LogP contribution in [0.2, 0.25) is 0 Å². The molecule has 3 aromatic carbocycles. The number of hydrogen-bond acceptors (Lipinski definition) is 3. The second-order valence-corrected chi connectivity index (χ2v) is 7.04. The highest BCUT2D eigenvalue weighted by atomic mass is 16.5. The molecule has 0 bridgehead atoms. The van der Waals surface area contributed by atoms with Gasteiger partial charge in [-0.3, -0.25) is 4.79 Å². The number of para-hydroxylation sites is 1. The lowest BCUT2D eigenvalue weighted by molar-refractivity contribution is -0.142. The summed E-state index contributed by atoms with van der Waals surface area (Å²) in [6, 6.07) is 27.1. The van der Waals surface area contributed by atoms with Crippen LogP contribution in [0.4, 0.5) is 5.69 Å². The summed E-state index contributed by atoms with van der Waals surface area (Å²) in [4.78, 5) is 12.4. The average molecular weight is 357 g/mol. The topological polar surface area (TPSA) is 38.3 Å². The van der Waals surface area contributed by atoms with E-state index >= 15 is 0 Å². The van der Waals surface area contributed by atoms with E-state index in [4.69, 9.17) is 4.74 Å². The first kappa shape index (κ1) is 17.3. The highest BCUT2D eigenvalue weighted by Gasteiger charge is 2.40. The Morgan fingerprint density at radius 2 is 1.56 bits per heavy atom. The van der Waals surface area contributed by atoms with Crippen molar-refractivity contribution in [3.63, 3.8) is 0 Å². The molecule has 27 heavy (non-hydrogen) atoms. The van der Waals surface area contributed by atoms with Crippen molar-refractivity contribution in [2.45, 2.75) is 24.8 Å². The number of fused-ring (bicyclic) bond motifs is 3. The van der Waals surface area contributed by atoms with Crippen LogP contribution in [0.5, 0.6) is 0 Å². The second kappa shape index (κ2) is 7.28. The van der Waals surface area contributed by atoms with E-state index in [2.05, 4.69) is 66.0 Å². The van der Waals surface area contributed by atoms with Crippen LogP contribution in [0.1, 0.15) is 24.0 Å². The van der Waals surface area contributed by atoms with Crippen molar-refractivity contribution in [3.8, 4) is 11.1 Å². The summed E-state index contributed by atoms with van der Waals surface area (Å²) in [5, 5.41) is 3.70. The molecule has 4 rings (SSSR count). The van der Waals surface area contributed by atoms with Gasteiger partial charge in [-0.25, -0.2) is 0 Å². The van der Waals surface area contributed by atoms with Gasteiger partial charge in [-0.2, -0.15) is 0 Å². The summed E-state index contributed by atoms with van der Waals surface area (Å²) in [7, 11) is 1.45. The van der Waals surface area contributed by atoms with E-state index in [1.807, 2.05) is 18.2 Å². The molecular formula is C24H23NO2. The molecule has 0 aromatic heterocycles. The predicted octanol–water partition coefficient (Wildman–Crippen LogP) is 5.17. The number of esters is 1. The zero-order valence-electron chi connectivity index (χ0n) is 15.4. The van der Waals surface area contributed by atoms with Crippen molar-refractivity contribution in [1.29, 1.82) is 0 Å². The van der Waals surface area contributed by atoms with E-state index in [0.717, 1.165) is 24.1 Å². The maximum atomic E-state index is 12.4. The largest absolute Gasteiger partial charge is 0.469 e. The quantitative estimate of drug-likeness (QED) is 0.640. The first-order valence-electron chi connectivity index (χ1n) is 9.30. The van der Waals surface area contributed by atoms with Gasteiger partial charge in [-0.05, 0) is 35.6 Å². The van der Waals surface area contributed by atoms with E-state index in [-0.39, 0.29) is 5.97 Å². The van der Waals surface area contributed by atoms with Gasteiger partial charge in [0.05, 0.1) is 19.1 Å². The number of aryl methyl sites for hydroxylation is 1. The molecule has 0 radical (unpaired) electrons. The Morgan fingerprint density at radius 3 is 2.33 bits per heavy atom. The molecule has 1 heterocycles. The van der Waals surface area contributed by atoms with Gasteiger partial charge in [0.25, 0.3) is 0 Å². The summed E-state index contributed by atoms with van der Waals surface area (Å²) >= 11 is 0. The third kappa shape index (κ3) is 3.33. The van der Waals surface area contributed by atoms with Crippen molar-refractivity contribution in [2.75, 3.05) is 12.4 Å². The minimum atomic E-state index is -0.492. The molecule has 3 aromatic rings. The second-order valence-electron chi connectivity index (χ2n) is 7.04. The van der Waals surface area contributed by atoms with Crippen LogP contribution in [0, 0.1) is 0 Å². The Labute approximate surface area is 160 Å². The molecule has 3 heteroatoms. The van der Waals surface area contributed by atoms with Gasteiger partial charge in [0.2, 0.25) is 0 Å². The fourth-order valence-electron chi connectivity index (χ4n) is 4.03. The van der Waals surface area contributed by atoms with Crippen LogP contribution in [-0.2, 0) is 21.5 Å². The molecule has 0 saturated heterocycles. The third-order valence-electron chi connectivity index (χ3n) is 5.39. The predicted molar refractivity (Wildman–Crippen MR) is 109 cm³/mol. The normalized spacial score (nSPS) is 17.4. The number of ether oxygens (including phenoxy) is 1. The highest BCUT2D eigenvalue weighted by molar-refractivity contribution is 5.86. The number of rotatable bonds is 5. The van der Waals surface area contributed by atoms with Gasteiger partial charge in [-0.15, -0.1) is 0 Å². The van der Waals surface area contributed by atoms with Crippen molar-refractivity contribution in [2.24, 2.45) is 0 Å². The fourth-order valence-corrected chi connectivity index (χ4v) is 4.03. The molecule has 0 amide bonds. The van der Waals surface area contributed by atoms with Gasteiger partial charge in [0.1, 0.15) is 0 Å². The van der Waals surface area contributed by atoms with Gasteiger partial charge >= 0.3 is 5.97 Å². The molecular weight excluding hydrogens is 334 g/mol. The summed E-state index contributed by atoms with van der Waals surface area (Å²) in [5.74, 6) is -0.204. The number of hydrogen-bond donors (Lipinski definition) is 1. The molecule has 0 saturated carbocycles. The van der Waals surface area contributed by atoms with Crippen LogP contribution in [-0.4, -0.2) is 13.1 Å². The van der Waals surface area contributed by atoms with E-state index < -0.39 is 5.54 Å². The molecule has 0 fully saturated rings. The highest BCUT2D eigenvalue weighted by Crippen LogP contribution is 2.47. The lowest BCUT2D eigenvalue weighted by atomic mass is 9.75. The van der Waals surface area contributed by atoms with Gasteiger partial charge in [-0.1, -0.05) is 72.8 Å². The minimum Gasteiger partial charge on any atom is -0.469 e. The Kier molecular flexibility index (Phi) is 4.68. The minimum absolute atomic E-state index is 0.204. The molecule has 1 aliphatic heterocycles. The van der Waals surface area contributed by atoms with Gasteiger partial charge in [0.15, 0.2) is 0 Å². The summed E-state index contributed by atoms with van der Waals surface area (Å²) in [6.45, 7) is 0. The van der Waals surface area contributed by atoms with Gasteiger partial charge < -0.3 is 10.1 Å². The standard InChI is InChI=1S/C24H23NO2/c1-27-23(26)17-24(16-15-18-9-3-2-4-10-18)21-13-7-5-11-19(21)20-12-6-8-14-22(20)25-24/h2-14,25H,15-17H2,1H3. The number of anilines is 1. The molecule has 0 spiro atoms. The van der Waals surface area contributed by atoms with Crippen LogP contribution >= 0.6 is 0 Å². The van der Waals surface area contributed by atoms with E-state index in [1.165, 1.54) is 23.8 Å². The fraction of sp³-hybridized carbons (Fsp3) is 0.208. The molecule has 1 unspecified atom stereocenters. The average Bonchev–Trinajstić information content (AvgIpc) is 2.73. The van der Waals surface area contributed by atoms with E-state index in [1.54, 1.807) is 0 Å². The van der Waals surface area contributed by atoms with Crippen molar-refractivity contribution in [1.82, 2.24) is 0 Å². The Balaban J connectivity index is 1.79. The monoisotopic (exact) mass is 357 g/mol. The van der Waals surface area contributed by atoms with Gasteiger partial charge in [0, 0.05) is 11.3 Å². The van der Waals surface area contributed by atoms with E-state index in [9.17, 15) is 4.79 Å². The van der Waals surface area contributed by atoms with Crippen molar-refractivity contribution >= 4 is 11.7 Å². The van der Waals surface area contributed by atoms with E-state index in [0.29, 0.717) is 6.42 Å². The maximum Gasteiger partial charge on any atom is 0.308 e. The third-order valence-corrected chi connectivity index (χ3v) is 5.39. The van der Waals surface area contributed by atoms with Crippen LogP contribution in [0.15, 0.2) is 78.9 Å². The Morgan fingerprint density at radius 1 is 0.889 bits per heavy atom. The zero-order valence-corrected chi connectivity index (χ0v) is 15.4. The first-order valence-corrected chi connectivity index (χ1v) is 9.30. The molecule has 3 nitrogen and oxygen atoms in total. The maximum absolute atomic E-state index is 12.4. The number of nitrogens with one attached hydrogen (secondary N) is 1. The smallest absolute Gasteiger partial charge is 0.308 e. The Bertz CT molecular complexity index is 951. The molecule has 1 atom stereocenters. The molecule has 1 aliphatic rings. The Hall–Kier alpha value is -3.07. The summed E-state index contributed by atoms with van der Waals surface area (Å²) in [6.07, 6.45) is 1.97. The molecule has 1 N–H and O–H groups in total. The number of methoxy groups -OCH3 is 1.